The van der Waals surface area contributed by atoms with Crippen LogP contribution in [-0.4, -0.2) is 21.3 Å². The van der Waals surface area contributed by atoms with Crippen molar-refractivity contribution >= 4 is 11.9 Å². The standard InChI is InChI=1S/C10H11N5O/c1-15-13-10(12-14-15)11-9(16)7-8-5-3-2-4-6-8/h2-6H,7H2,1H3,(H,11,13,16)/p+1. The molecule has 0 aliphatic heterocycles. The van der Waals surface area contributed by atoms with Gasteiger partial charge in [0.05, 0.1) is 11.5 Å². The van der Waals surface area contributed by atoms with E-state index in [-0.39, 0.29) is 11.9 Å². The van der Waals surface area contributed by atoms with Gasteiger partial charge in [-0.2, -0.15) is 0 Å². The van der Waals surface area contributed by atoms with Crippen LogP contribution in [0, 0.1) is 0 Å². The number of hydrogen-bond donors (Lipinski definition) is 2. The number of aryl methyl sites for hydroxylation is 1. The van der Waals surface area contributed by atoms with E-state index in [2.05, 4.69) is 20.7 Å². The van der Waals surface area contributed by atoms with Gasteiger partial charge in [-0.05, 0) is 10.8 Å². The number of H-pyrrole nitrogens is 1. The smallest absolute Gasteiger partial charge is 0.274 e. The number of rotatable bonds is 3. The van der Waals surface area contributed by atoms with Crippen LogP contribution in [0.15, 0.2) is 30.3 Å². The van der Waals surface area contributed by atoms with E-state index in [1.807, 2.05) is 30.3 Å². The summed E-state index contributed by atoms with van der Waals surface area (Å²) >= 11 is 0. The Labute approximate surface area is 92.3 Å². The van der Waals surface area contributed by atoms with Crippen LogP contribution in [0.4, 0.5) is 5.95 Å². The SMILES string of the molecule is C[n+]1nc(NC(=O)Cc2ccccc2)n[nH]1. The van der Waals surface area contributed by atoms with E-state index in [1.165, 1.54) is 4.80 Å². The van der Waals surface area contributed by atoms with Gasteiger partial charge in [0.15, 0.2) is 0 Å². The van der Waals surface area contributed by atoms with Crippen molar-refractivity contribution in [3.05, 3.63) is 35.9 Å². The van der Waals surface area contributed by atoms with Crippen molar-refractivity contribution in [3.63, 3.8) is 0 Å². The molecule has 0 aliphatic rings. The number of hydrogen-bond acceptors (Lipinski definition) is 3. The van der Waals surface area contributed by atoms with E-state index >= 15 is 0 Å². The fraction of sp³-hybridized carbons (Fsp3) is 0.200. The van der Waals surface area contributed by atoms with Gasteiger partial charge >= 0.3 is 5.95 Å². The Balaban J connectivity index is 1.95. The predicted molar refractivity (Wildman–Crippen MR) is 56.3 cm³/mol. The molecule has 82 valence electrons. The molecule has 6 nitrogen and oxygen atoms in total. The topological polar surface area (TPSA) is 74.5 Å². The van der Waals surface area contributed by atoms with Crippen LogP contribution in [0.2, 0.25) is 0 Å². The molecule has 1 heterocycles. The second kappa shape index (κ2) is 4.52. The van der Waals surface area contributed by atoms with Crippen LogP contribution in [-0.2, 0) is 18.3 Å². The molecule has 2 N–H and O–H groups in total. The minimum Gasteiger partial charge on any atom is -0.274 e. The van der Waals surface area contributed by atoms with Crippen molar-refractivity contribution in [1.82, 2.24) is 15.4 Å². The number of tetrazole rings is 1. The van der Waals surface area contributed by atoms with Crippen LogP contribution in [0.5, 0.6) is 0 Å². The number of carbonyl (C=O) groups excluding carboxylic acids is 1. The average molecular weight is 218 g/mol. The van der Waals surface area contributed by atoms with Gasteiger partial charge in [-0.3, -0.25) is 10.1 Å². The summed E-state index contributed by atoms with van der Waals surface area (Å²) in [5.74, 6) is 0.147. The van der Waals surface area contributed by atoms with E-state index < -0.39 is 0 Å². The van der Waals surface area contributed by atoms with Gasteiger partial charge in [-0.15, -0.1) is 0 Å². The summed E-state index contributed by atoms with van der Waals surface area (Å²) in [4.78, 5) is 13.0. The molecule has 1 amide bonds. The van der Waals surface area contributed by atoms with E-state index in [4.69, 9.17) is 0 Å². The summed E-state index contributed by atoms with van der Waals surface area (Å²) in [6.07, 6.45) is 0.319. The van der Waals surface area contributed by atoms with Gasteiger partial charge in [-0.1, -0.05) is 35.1 Å². The van der Waals surface area contributed by atoms with E-state index in [9.17, 15) is 4.79 Å². The molecule has 0 bridgehead atoms. The van der Waals surface area contributed by atoms with Crippen molar-refractivity contribution in [2.75, 3.05) is 5.32 Å². The van der Waals surface area contributed by atoms with Crippen molar-refractivity contribution in [2.45, 2.75) is 6.42 Å². The lowest BCUT2D eigenvalue weighted by molar-refractivity contribution is -0.783. The number of nitrogens with one attached hydrogen (secondary N) is 2. The molecule has 0 atom stereocenters. The first-order chi connectivity index (χ1) is 7.74. The summed E-state index contributed by atoms with van der Waals surface area (Å²) < 4.78 is 0. The number of aromatic nitrogens is 4. The first kappa shape index (κ1) is 10.3. The lowest BCUT2D eigenvalue weighted by atomic mass is 10.1. The number of aromatic amines is 1. The van der Waals surface area contributed by atoms with Gasteiger partial charge in [0.25, 0.3) is 0 Å². The van der Waals surface area contributed by atoms with Crippen LogP contribution in [0.3, 0.4) is 0 Å². The zero-order chi connectivity index (χ0) is 11.4. The lowest BCUT2D eigenvalue weighted by Gasteiger charge is -1.98. The molecule has 0 saturated carbocycles. The fourth-order valence-corrected chi connectivity index (χ4v) is 1.31. The highest BCUT2D eigenvalue weighted by atomic mass is 16.1. The summed E-state index contributed by atoms with van der Waals surface area (Å²) in [6, 6.07) is 9.51. The fourth-order valence-electron chi connectivity index (χ4n) is 1.31. The maximum Gasteiger partial charge on any atom is 0.407 e. The minimum atomic E-state index is -0.134. The van der Waals surface area contributed by atoms with E-state index in [0.29, 0.717) is 6.42 Å². The largest absolute Gasteiger partial charge is 0.407 e. The third-order valence-electron chi connectivity index (χ3n) is 2.00. The first-order valence-corrected chi connectivity index (χ1v) is 4.86. The highest BCUT2D eigenvalue weighted by Crippen LogP contribution is 2.01. The first-order valence-electron chi connectivity index (χ1n) is 4.86. The monoisotopic (exact) mass is 218 g/mol. The molecule has 6 heteroatoms. The van der Waals surface area contributed by atoms with Crippen molar-refractivity contribution < 1.29 is 9.59 Å². The number of amides is 1. The summed E-state index contributed by atoms with van der Waals surface area (Å²) in [6.45, 7) is 0. The maximum atomic E-state index is 11.6. The van der Waals surface area contributed by atoms with Gasteiger partial charge in [0.2, 0.25) is 5.91 Å². The third-order valence-corrected chi connectivity index (χ3v) is 2.00. The number of benzene rings is 1. The van der Waals surface area contributed by atoms with Gasteiger partial charge in [0, 0.05) is 5.10 Å². The maximum absolute atomic E-state index is 11.6. The molecular weight excluding hydrogens is 206 g/mol. The zero-order valence-corrected chi connectivity index (χ0v) is 8.84. The highest BCUT2D eigenvalue weighted by molar-refractivity contribution is 5.90. The Kier molecular flexibility index (Phi) is 2.90. The quantitative estimate of drug-likeness (QED) is 0.701. The van der Waals surface area contributed by atoms with Crippen molar-refractivity contribution in [2.24, 2.45) is 7.05 Å². The second-order valence-corrected chi connectivity index (χ2v) is 3.37. The number of carbonyl (C=O) groups is 1. The molecular formula is C10H12N5O+. The van der Waals surface area contributed by atoms with E-state index in [0.717, 1.165) is 5.56 Å². The molecule has 2 aromatic rings. The Morgan fingerprint density at radius 2 is 2.19 bits per heavy atom. The predicted octanol–water partition coefficient (Wildman–Crippen LogP) is -0.190. The van der Waals surface area contributed by atoms with Crippen molar-refractivity contribution in [3.8, 4) is 0 Å². The zero-order valence-electron chi connectivity index (χ0n) is 8.84. The molecule has 0 aliphatic carbocycles. The molecule has 16 heavy (non-hydrogen) atoms. The van der Waals surface area contributed by atoms with Crippen molar-refractivity contribution in [1.29, 1.82) is 0 Å². The molecule has 0 radical (unpaired) electrons. The Hall–Kier alpha value is -2.24. The van der Waals surface area contributed by atoms with Crippen LogP contribution >= 0.6 is 0 Å². The van der Waals surface area contributed by atoms with Gasteiger partial charge in [-0.25, -0.2) is 0 Å². The molecule has 0 saturated heterocycles. The highest BCUT2D eigenvalue weighted by Gasteiger charge is 2.12. The normalized spacial score (nSPS) is 10.1. The molecule has 0 fully saturated rings. The van der Waals surface area contributed by atoms with Gasteiger partial charge < -0.3 is 0 Å². The molecule has 2 rings (SSSR count). The number of anilines is 1. The minimum absolute atomic E-state index is 0.134. The molecule has 1 aromatic heterocycles. The Morgan fingerprint density at radius 3 is 2.81 bits per heavy atom. The average Bonchev–Trinajstić information content (AvgIpc) is 2.65. The second-order valence-electron chi connectivity index (χ2n) is 3.37. The molecule has 0 unspecified atom stereocenters. The third kappa shape index (κ3) is 2.63. The molecule has 1 aromatic carbocycles. The van der Waals surface area contributed by atoms with Gasteiger partial charge in [0.1, 0.15) is 7.05 Å². The Morgan fingerprint density at radius 1 is 1.44 bits per heavy atom. The summed E-state index contributed by atoms with van der Waals surface area (Å²) in [7, 11) is 1.69. The molecule has 0 spiro atoms. The Bertz CT molecular complexity index is 479. The summed E-state index contributed by atoms with van der Waals surface area (Å²) in [5, 5.41) is 12.9. The number of nitrogens with zero attached hydrogens (tertiary/aromatic N) is 3. The van der Waals surface area contributed by atoms with Crippen LogP contribution < -0.4 is 10.1 Å². The van der Waals surface area contributed by atoms with Crippen LogP contribution in [0.1, 0.15) is 5.56 Å². The summed E-state index contributed by atoms with van der Waals surface area (Å²) in [5.41, 5.74) is 0.958. The van der Waals surface area contributed by atoms with E-state index in [1.54, 1.807) is 7.05 Å². The lowest BCUT2D eigenvalue weighted by Crippen LogP contribution is -2.33. The van der Waals surface area contributed by atoms with Crippen LogP contribution in [0.25, 0.3) is 0 Å².